The fraction of sp³-hybridized carbons (Fsp3) is 0.367. The van der Waals surface area contributed by atoms with Crippen molar-refractivity contribution in [2.75, 3.05) is 13.2 Å². The van der Waals surface area contributed by atoms with E-state index in [1.807, 2.05) is 0 Å². The van der Waals surface area contributed by atoms with Crippen LogP contribution in [0, 0.1) is 17.5 Å². The number of fused-ring (bicyclic) bond motifs is 1. The van der Waals surface area contributed by atoms with Crippen LogP contribution in [-0.4, -0.2) is 52.7 Å². The van der Waals surface area contributed by atoms with E-state index < -0.39 is 35.2 Å². The van der Waals surface area contributed by atoms with Gasteiger partial charge in [-0.1, -0.05) is 12.2 Å². The van der Waals surface area contributed by atoms with E-state index in [-0.39, 0.29) is 37.0 Å². The molecule has 39 heavy (non-hydrogen) atoms. The Labute approximate surface area is 225 Å². The maximum absolute atomic E-state index is 14.0. The van der Waals surface area contributed by atoms with Gasteiger partial charge in [0.2, 0.25) is 0 Å². The number of Topliss-reactive ketones (excluding diaryl/α,β-unsaturated/α-hetero) is 1. The van der Waals surface area contributed by atoms with Crippen molar-refractivity contribution in [3.05, 3.63) is 83.3 Å². The maximum atomic E-state index is 14.0. The molecule has 0 saturated carbocycles. The van der Waals surface area contributed by atoms with Crippen molar-refractivity contribution in [2.45, 2.75) is 57.8 Å². The number of amides is 1. The molecule has 1 fully saturated rings. The number of benzene rings is 2. The fourth-order valence-electron chi connectivity index (χ4n) is 4.50. The average Bonchev–Trinajstić information content (AvgIpc) is 2.88. The molecule has 2 aromatic carbocycles. The van der Waals surface area contributed by atoms with E-state index in [1.165, 1.54) is 23.1 Å². The van der Waals surface area contributed by atoms with Gasteiger partial charge in [0.1, 0.15) is 29.2 Å². The van der Waals surface area contributed by atoms with E-state index in [9.17, 15) is 22.8 Å². The number of pyridine rings is 1. The molecule has 0 N–H and O–H groups in total. The first-order valence-electron chi connectivity index (χ1n) is 12.8. The van der Waals surface area contributed by atoms with Crippen molar-refractivity contribution < 1.29 is 32.2 Å². The Morgan fingerprint density at radius 2 is 1.82 bits per heavy atom. The van der Waals surface area contributed by atoms with Crippen LogP contribution >= 0.6 is 0 Å². The highest BCUT2D eigenvalue weighted by Gasteiger charge is 2.34. The molecule has 6 nitrogen and oxygen atoms in total. The Hall–Kier alpha value is -3.72. The van der Waals surface area contributed by atoms with Gasteiger partial charge in [-0.25, -0.2) is 18.0 Å². The number of nitrogens with zero attached hydrogens (tertiary/aromatic N) is 2. The van der Waals surface area contributed by atoms with Crippen LogP contribution in [0.25, 0.3) is 17.0 Å². The molecule has 206 valence electrons. The molecule has 0 bridgehead atoms. The van der Waals surface area contributed by atoms with Crippen LogP contribution in [0.15, 0.2) is 54.7 Å². The topological polar surface area (TPSA) is 68.7 Å². The molecule has 1 saturated heterocycles. The van der Waals surface area contributed by atoms with Crippen LogP contribution in [-0.2, 0) is 20.7 Å². The van der Waals surface area contributed by atoms with Crippen molar-refractivity contribution in [2.24, 2.45) is 0 Å². The second-order valence-corrected chi connectivity index (χ2v) is 10.5. The molecule has 3 aromatic rings. The monoisotopic (exact) mass is 540 g/mol. The van der Waals surface area contributed by atoms with Crippen LogP contribution in [0.1, 0.15) is 44.7 Å². The van der Waals surface area contributed by atoms with Gasteiger partial charge in [0.25, 0.3) is 0 Å². The zero-order valence-electron chi connectivity index (χ0n) is 22.1. The summed E-state index contributed by atoms with van der Waals surface area (Å²) in [5.74, 6) is -1.70. The Bertz CT molecular complexity index is 1380. The van der Waals surface area contributed by atoms with Gasteiger partial charge < -0.3 is 9.47 Å². The highest BCUT2D eigenvalue weighted by Crippen LogP contribution is 2.25. The Kier molecular flexibility index (Phi) is 8.70. The number of rotatable bonds is 7. The minimum atomic E-state index is -0.742. The summed E-state index contributed by atoms with van der Waals surface area (Å²) in [6, 6.07) is 8.72. The summed E-state index contributed by atoms with van der Waals surface area (Å²) in [6.45, 7) is 5.43. The molecule has 1 aliphatic rings. The number of carbonyl (C=O) groups excluding carboxylic acids is 2. The number of aromatic nitrogens is 1. The molecule has 9 heteroatoms. The predicted molar refractivity (Wildman–Crippen MR) is 142 cm³/mol. The quantitative estimate of drug-likeness (QED) is 0.354. The summed E-state index contributed by atoms with van der Waals surface area (Å²) in [4.78, 5) is 31.8. The zero-order chi connectivity index (χ0) is 28.2. The van der Waals surface area contributed by atoms with E-state index in [2.05, 4.69) is 4.98 Å². The Balaban J connectivity index is 1.43. The van der Waals surface area contributed by atoms with Gasteiger partial charge in [-0.3, -0.25) is 14.7 Å². The van der Waals surface area contributed by atoms with Gasteiger partial charge in [0.05, 0.1) is 18.2 Å². The molecule has 2 atom stereocenters. The summed E-state index contributed by atoms with van der Waals surface area (Å²) in [5, 5.41) is 0.581. The van der Waals surface area contributed by atoms with Gasteiger partial charge in [0, 0.05) is 30.1 Å². The second kappa shape index (κ2) is 12.0. The molecule has 4 rings (SSSR count). The molecular formula is C30H31F3N2O4. The first-order valence-corrected chi connectivity index (χ1v) is 12.8. The lowest BCUT2D eigenvalue weighted by atomic mass is 9.96. The Morgan fingerprint density at radius 1 is 1.08 bits per heavy atom. The highest BCUT2D eigenvalue weighted by atomic mass is 19.1. The second-order valence-electron chi connectivity index (χ2n) is 10.5. The zero-order valence-corrected chi connectivity index (χ0v) is 22.1. The minimum absolute atomic E-state index is 0.0632. The molecule has 0 radical (unpaired) electrons. The van der Waals surface area contributed by atoms with Crippen molar-refractivity contribution in [1.29, 1.82) is 0 Å². The van der Waals surface area contributed by atoms with Crippen molar-refractivity contribution in [1.82, 2.24) is 9.88 Å². The minimum Gasteiger partial charge on any atom is -0.444 e. The van der Waals surface area contributed by atoms with Crippen LogP contribution < -0.4 is 0 Å². The van der Waals surface area contributed by atoms with Gasteiger partial charge in [0.15, 0.2) is 5.78 Å². The van der Waals surface area contributed by atoms with E-state index in [0.717, 1.165) is 18.2 Å². The molecular weight excluding hydrogens is 509 g/mol. The molecule has 0 aliphatic carbocycles. The lowest BCUT2D eigenvalue weighted by molar-refractivity contribution is -0.135. The highest BCUT2D eigenvalue weighted by molar-refractivity contribution is 5.91. The van der Waals surface area contributed by atoms with Gasteiger partial charge in [-0.05, 0) is 81.6 Å². The summed E-state index contributed by atoms with van der Waals surface area (Å²) in [7, 11) is 0. The standard InChI is InChI=1S/C30H31F3N2O4/c1-30(2,3)39-29(37)35(14-4-5-20-15-21(31)6-9-25(20)33)23-8-11-28(38-18-23)27(36)16-19-12-13-34-26-10-7-22(32)17-24(19)26/h4-7,9-10,12-13,15,17,23,28H,8,11,14,16,18H2,1-3H3/t23-,28+/m1/s1. The largest absolute Gasteiger partial charge is 0.444 e. The van der Waals surface area contributed by atoms with Crippen LogP contribution in [0.4, 0.5) is 18.0 Å². The SMILES string of the molecule is CC(C)(C)OC(=O)N(CC=Cc1cc(F)ccc1F)[C@@H]1CC[C@@H](C(=O)Cc2ccnc3ccc(F)cc23)OC1. The first kappa shape index (κ1) is 28.3. The number of ether oxygens (including phenoxy) is 2. The van der Waals surface area contributed by atoms with Crippen LogP contribution in [0.3, 0.4) is 0 Å². The molecule has 1 aromatic heterocycles. The normalized spacial score (nSPS) is 17.9. The van der Waals surface area contributed by atoms with Crippen LogP contribution in [0.2, 0.25) is 0 Å². The number of ketones is 1. The van der Waals surface area contributed by atoms with E-state index in [0.29, 0.717) is 29.3 Å². The summed E-state index contributed by atoms with van der Waals surface area (Å²) in [6.07, 6.45) is 4.23. The summed E-state index contributed by atoms with van der Waals surface area (Å²) in [5.41, 5.74) is 0.591. The molecule has 0 spiro atoms. The smallest absolute Gasteiger partial charge is 0.410 e. The van der Waals surface area contributed by atoms with Crippen molar-refractivity contribution >= 4 is 28.9 Å². The number of carbonyl (C=O) groups is 2. The predicted octanol–water partition coefficient (Wildman–Crippen LogP) is 6.26. The van der Waals surface area contributed by atoms with Crippen molar-refractivity contribution in [3.8, 4) is 0 Å². The number of hydrogen-bond donors (Lipinski definition) is 0. The molecule has 1 aliphatic heterocycles. The lowest BCUT2D eigenvalue weighted by Crippen LogP contribution is -2.49. The van der Waals surface area contributed by atoms with Gasteiger partial charge in [-0.2, -0.15) is 0 Å². The lowest BCUT2D eigenvalue weighted by Gasteiger charge is -2.37. The third-order valence-electron chi connectivity index (χ3n) is 6.40. The molecule has 0 unspecified atom stereocenters. The fourth-order valence-corrected chi connectivity index (χ4v) is 4.50. The third kappa shape index (κ3) is 7.44. The van der Waals surface area contributed by atoms with Crippen molar-refractivity contribution in [3.63, 3.8) is 0 Å². The number of halogens is 3. The van der Waals surface area contributed by atoms with Gasteiger partial charge >= 0.3 is 6.09 Å². The third-order valence-corrected chi connectivity index (χ3v) is 6.40. The average molecular weight is 541 g/mol. The first-order chi connectivity index (χ1) is 18.5. The summed E-state index contributed by atoms with van der Waals surface area (Å²) >= 11 is 0. The maximum Gasteiger partial charge on any atom is 0.410 e. The summed E-state index contributed by atoms with van der Waals surface area (Å²) < 4.78 is 52.8. The van der Waals surface area contributed by atoms with E-state index >= 15 is 0 Å². The van der Waals surface area contributed by atoms with E-state index in [1.54, 1.807) is 45.2 Å². The number of hydrogen-bond acceptors (Lipinski definition) is 5. The van der Waals surface area contributed by atoms with E-state index in [4.69, 9.17) is 9.47 Å². The Morgan fingerprint density at radius 3 is 2.54 bits per heavy atom. The van der Waals surface area contributed by atoms with Gasteiger partial charge in [-0.15, -0.1) is 0 Å². The molecule has 1 amide bonds. The molecule has 2 heterocycles. The van der Waals surface area contributed by atoms with Crippen LogP contribution in [0.5, 0.6) is 0 Å².